The van der Waals surface area contributed by atoms with Crippen LogP contribution in [0.4, 0.5) is 4.39 Å². The Morgan fingerprint density at radius 1 is 1.05 bits per heavy atom. The minimum atomic E-state index is -0.186. The van der Waals surface area contributed by atoms with Gasteiger partial charge < -0.3 is 9.47 Å². The van der Waals surface area contributed by atoms with E-state index >= 15 is 0 Å². The Morgan fingerprint density at radius 3 is 2.50 bits per heavy atom. The molecule has 2 nitrogen and oxygen atoms in total. The smallest absolute Gasteiger partial charge is 0.131 e. The van der Waals surface area contributed by atoms with E-state index in [0.717, 1.165) is 21.1 Å². The Bertz CT molecular complexity index is 719. The number of halogens is 1. The number of fused-ring (bicyclic) bond motifs is 1. The number of hydrogen-bond donors (Lipinski definition) is 0. The van der Waals surface area contributed by atoms with Crippen LogP contribution in [0.3, 0.4) is 0 Å². The summed E-state index contributed by atoms with van der Waals surface area (Å²) in [6, 6.07) is 14.4. The highest BCUT2D eigenvalue weighted by molar-refractivity contribution is 7.19. The van der Waals surface area contributed by atoms with Gasteiger partial charge in [0.05, 0.1) is 7.11 Å². The van der Waals surface area contributed by atoms with Crippen LogP contribution in [0.15, 0.2) is 48.5 Å². The summed E-state index contributed by atoms with van der Waals surface area (Å²) >= 11 is 1.55. The number of ether oxygens (including phenoxy) is 2. The molecule has 0 aliphatic carbocycles. The van der Waals surface area contributed by atoms with Crippen molar-refractivity contribution in [1.29, 1.82) is 0 Å². The van der Waals surface area contributed by atoms with E-state index < -0.39 is 0 Å². The van der Waals surface area contributed by atoms with Gasteiger partial charge in [0.1, 0.15) is 23.9 Å². The molecule has 0 bridgehead atoms. The maximum Gasteiger partial charge on any atom is 0.131 e. The Hall–Kier alpha value is -2.07. The summed E-state index contributed by atoms with van der Waals surface area (Å²) in [5.74, 6) is 1.37. The van der Waals surface area contributed by atoms with Crippen molar-refractivity contribution in [3.05, 3.63) is 59.2 Å². The summed E-state index contributed by atoms with van der Waals surface area (Å²) in [4.78, 5) is 1.00. The highest BCUT2D eigenvalue weighted by Gasteiger charge is 2.06. The maximum atomic E-state index is 13.6. The Kier molecular flexibility index (Phi) is 3.56. The third-order valence-corrected chi connectivity index (χ3v) is 4.07. The van der Waals surface area contributed by atoms with Gasteiger partial charge in [-0.05, 0) is 42.5 Å². The van der Waals surface area contributed by atoms with E-state index in [2.05, 4.69) is 0 Å². The van der Waals surface area contributed by atoms with Gasteiger partial charge in [0, 0.05) is 15.0 Å². The predicted molar refractivity (Wildman–Crippen MR) is 79.1 cm³/mol. The number of thiophene rings is 1. The summed E-state index contributed by atoms with van der Waals surface area (Å²) in [7, 11) is 1.63. The highest BCUT2D eigenvalue weighted by Crippen LogP contribution is 2.28. The molecule has 0 saturated carbocycles. The van der Waals surface area contributed by atoms with Crippen LogP contribution >= 0.6 is 11.3 Å². The number of rotatable bonds is 4. The minimum Gasteiger partial charge on any atom is -0.497 e. The van der Waals surface area contributed by atoms with Crippen molar-refractivity contribution >= 4 is 21.4 Å². The second kappa shape index (κ2) is 5.51. The molecule has 0 amide bonds. The second-order valence-corrected chi connectivity index (χ2v) is 5.50. The van der Waals surface area contributed by atoms with Gasteiger partial charge in [0.15, 0.2) is 0 Å². The standard InChI is InChI=1S/C16H13FO2S/c1-18-11-5-7-12(8-6-11)19-10-13-9-14-15(17)3-2-4-16(14)20-13/h2-9H,10H2,1H3. The van der Waals surface area contributed by atoms with E-state index in [1.165, 1.54) is 6.07 Å². The lowest BCUT2D eigenvalue weighted by Gasteiger charge is -2.05. The largest absolute Gasteiger partial charge is 0.497 e. The van der Waals surface area contributed by atoms with Gasteiger partial charge in [-0.2, -0.15) is 0 Å². The summed E-state index contributed by atoms with van der Waals surface area (Å²) < 4.78 is 25.3. The average Bonchev–Trinajstić information content (AvgIpc) is 2.90. The Morgan fingerprint density at radius 2 is 1.80 bits per heavy atom. The first-order valence-electron chi connectivity index (χ1n) is 6.20. The molecule has 0 atom stereocenters. The van der Waals surface area contributed by atoms with E-state index in [9.17, 15) is 4.39 Å². The zero-order valence-electron chi connectivity index (χ0n) is 10.9. The van der Waals surface area contributed by atoms with Crippen molar-refractivity contribution in [2.45, 2.75) is 6.61 Å². The van der Waals surface area contributed by atoms with Gasteiger partial charge in [-0.15, -0.1) is 11.3 Å². The number of benzene rings is 2. The normalized spacial score (nSPS) is 10.7. The van der Waals surface area contributed by atoms with Crippen molar-refractivity contribution in [2.75, 3.05) is 7.11 Å². The van der Waals surface area contributed by atoms with Gasteiger partial charge in [-0.1, -0.05) is 6.07 Å². The lowest BCUT2D eigenvalue weighted by Crippen LogP contribution is -1.92. The first-order chi connectivity index (χ1) is 9.76. The summed E-state index contributed by atoms with van der Waals surface area (Å²) in [5, 5.41) is 0.658. The molecule has 20 heavy (non-hydrogen) atoms. The fourth-order valence-electron chi connectivity index (χ4n) is 1.98. The van der Waals surface area contributed by atoms with Crippen LogP contribution in [0.1, 0.15) is 4.88 Å². The van der Waals surface area contributed by atoms with Crippen LogP contribution in [0.25, 0.3) is 10.1 Å². The fourth-order valence-corrected chi connectivity index (χ4v) is 2.97. The molecule has 0 saturated heterocycles. The van der Waals surface area contributed by atoms with Crippen molar-refractivity contribution in [2.24, 2.45) is 0 Å². The van der Waals surface area contributed by atoms with Crippen molar-refractivity contribution in [3.63, 3.8) is 0 Å². The highest BCUT2D eigenvalue weighted by atomic mass is 32.1. The first kappa shape index (κ1) is 12.9. The van der Waals surface area contributed by atoms with E-state index in [0.29, 0.717) is 12.0 Å². The van der Waals surface area contributed by atoms with Crippen molar-refractivity contribution < 1.29 is 13.9 Å². The Balaban J connectivity index is 1.74. The molecule has 0 aliphatic rings. The van der Waals surface area contributed by atoms with Crippen LogP contribution in [0, 0.1) is 5.82 Å². The van der Waals surface area contributed by atoms with Crippen LogP contribution in [0.5, 0.6) is 11.5 Å². The molecule has 0 spiro atoms. The van der Waals surface area contributed by atoms with Crippen LogP contribution < -0.4 is 9.47 Å². The molecule has 4 heteroatoms. The molecule has 1 aromatic heterocycles. The van der Waals surface area contributed by atoms with Gasteiger partial charge in [-0.3, -0.25) is 0 Å². The van der Waals surface area contributed by atoms with Crippen molar-refractivity contribution in [3.8, 4) is 11.5 Å². The second-order valence-electron chi connectivity index (χ2n) is 4.33. The average molecular weight is 288 g/mol. The first-order valence-corrected chi connectivity index (χ1v) is 7.02. The zero-order valence-corrected chi connectivity index (χ0v) is 11.7. The summed E-state index contributed by atoms with van der Waals surface area (Å²) in [5.41, 5.74) is 0. The molecule has 2 aromatic carbocycles. The van der Waals surface area contributed by atoms with Gasteiger partial charge >= 0.3 is 0 Å². The van der Waals surface area contributed by atoms with Crippen LogP contribution in [0.2, 0.25) is 0 Å². The van der Waals surface area contributed by atoms with E-state index in [1.807, 2.05) is 36.4 Å². The molecular weight excluding hydrogens is 275 g/mol. The maximum absolute atomic E-state index is 13.6. The molecule has 0 radical (unpaired) electrons. The molecule has 0 fully saturated rings. The third kappa shape index (κ3) is 2.60. The number of methoxy groups -OCH3 is 1. The molecular formula is C16H13FO2S. The quantitative estimate of drug-likeness (QED) is 0.697. The monoisotopic (exact) mass is 288 g/mol. The SMILES string of the molecule is COc1ccc(OCc2cc3c(F)cccc3s2)cc1. The minimum absolute atomic E-state index is 0.186. The lowest BCUT2D eigenvalue weighted by atomic mass is 10.2. The van der Waals surface area contributed by atoms with Gasteiger partial charge in [0.25, 0.3) is 0 Å². The summed E-state index contributed by atoms with van der Waals surface area (Å²) in [6.07, 6.45) is 0. The topological polar surface area (TPSA) is 18.5 Å². The van der Waals surface area contributed by atoms with Crippen LogP contribution in [-0.4, -0.2) is 7.11 Å². The van der Waals surface area contributed by atoms with E-state index in [-0.39, 0.29) is 5.82 Å². The van der Waals surface area contributed by atoms with Crippen LogP contribution in [-0.2, 0) is 6.61 Å². The molecule has 0 N–H and O–H groups in total. The van der Waals surface area contributed by atoms with Gasteiger partial charge in [0.2, 0.25) is 0 Å². The lowest BCUT2D eigenvalue weighted by molar-refractivity contribution is 0.309. The molecule has 0 aliphatic heterocycles. The molecule has 3 rings (SSSR count). The van der Waals surface area contributed by atoms with Gasteiger partial charge in [-0.25, -0.2) is 4.39 Å². The van der Waals surface area contributed by atoms with E-state index in [4.69, 9.17) is 9.47 Å². The molecule has 0 unspecified atom stereocenters. The molecule has 3 aromatic rings. The van der Waals surface area contributed by atoms with Crippen molar-refractivity contribution in [1.82, 2.24) is 0 Å². The third-order valence-electron chi connectivity index (χ3n) is 3.00. The zero-order chi connectivity index (χ0) is 13.9. The molecule has 1 heterocycles. The Labute approximate surface area is 120 Å². The van der Waals surface area contributed by atoms with E-state index in [1.54, 1.807) is 24.5 Å². The summed E-state index contributed by atoms with van der Waals surface area (Å²) in [6.45, 7) is 0.436. The fraction of sp³-hybridized carbons (Fsp3) is 0.125. The predicted octanol–water partition coefficient (Wildman–Crippen LogP) is 4.63. The number of hydrogen-bond acceptors (Lipinski definition) is 3. The molecule has 102 valence electrons.